The first kappa shape index (κ1) is 22.5. The molecule has 5 nitrogen and oxygen atoms in total. The van der Waals surface area contributed by atoms with Gasteiger partial charge in [-0.3, -0.25) is 4.98 Å². The van der Waals surface area contributed by atoms with E-state index in [-0.39, 0.29) is 0 Å². The van der Waals surface area contributed by atoms with Gasteiger partial charge in [-0.1, -0.05) is 29.5 Å². The molecule has 3 aromatic carbocycles. The molecule has 0 unspecified atom stereocenters. The minimum atomic E-state index is 0.656. The minimum Gasteiger partial charge on any atom is -0.497 e. The molecule has 0 atom stereocenters. The maximum Gasteiger partial charge on any atom is 0.119 e. The maximum atomic E-state index is 5.34. The van der Waals surface area contributed by atoms with Gasteiger partial charge in [0.25, 0.3) is 0 Å². The Labute approximate surface area is 211 Å². The van der Waals surface area contributed by atoms with Crippen LogP contribution in [0.2, 0.25) is 0 Å². The van der Waals surface area contributed by atoms with Crippen LogP contribution in [0.25, 0.3) is 33.3 Å². The van der Waals surface area contributed by atoms with Gasteiger partial charge in [0, 0.05) is 16.8 Å². The average Bonchev–Trinajstić information content (AvgIpc) is 3.29. The van der Waals surface area contributed by atoms with Crippen molar-refractivity contribution in [3.8, 4) is 28.3 Å². The van der Waals surface area contributed by atoms with Crippen molar-refractivity contribution in [3.63, 3.8) is 0 Å². The third-order valence-corrected chi connectivity index (χ3v) is 7.48. The topological polar surface area (TPSA) is 52.8 Å². The lowest BCUT2D eigenvalue weighted by molar-refractivity contribution is 0.415. The van der Waals surface area contributed by atoms with E-state index in [4.69, 9.17) is 9.72 Å². The van der Waals surface area contributed by atoms with Crippen LogP contribution in [0.5, 0.6) is 5.75 Å². The Kier molecular flexibility index (Phi) is 5.56. The number of benzene rings is 3. The van der Waals surface area contributed by atoms with Gasteiger partial charge in [0.2, 0.25) is 0 Å². The van der Waals surface area contributed by atoms with E-state index in [0.29, 0.717) is 6.54 Å². The third kappa shape index (κ3) is 4.05. The second-order valence-electron chi connectivity index (χ2n) is 9.92. The van der Waals surface area contributed by atoms with Crippen molar-refractivity contribution in [2.45, 2.75) is 46.6 Å². The van der Waals surface area contributed by atoms with E-state index in [0.717, 1.165) is 58.4 Å². The summed E-state index contributed by atoms with van der Waals surface area (Å²) in [4.78, 5) is 5.12. The van der Waals surface area contributed by atoms with Crippen molar-refractivity contribution < 1.29 is 4.74 Å². The first-order valence-electron chi connectivity index (χ1n) is 12.6. The fourth-order valence-corrected chi connectivity index (χ4v) is 5.24. The first-order valence-corrected chi connectivity index (χ1v) is 12.6. The lowest BCUT2D eigenvalue weighted by Crippen LogP contribution is -2.06. The Morgan fingerprint density at radius 2 is 1.64 bits per heavy atom. The molecule has 0 bridgehead atoms. The molecule has 0 amide bonds. The molecule has 0 fully saturated rings. The Balaban J connectivity index is 1.30. The number of aryl methyl sites for hydroxylation is 5. The summed E-state index contributed by atoms with van der Waals surface area (Å²) in [5, 5.41) is 11.2. The molecule has 6 rings (SSSR count). The quantitative estimate of drug-likeness (QED) is 0.293. The van der Waals surface area contributed by atoms with Gasteiger partial charge in [0.1, 0.15) is 11.4 Å². The van der Waals surface area contributed by atoms with Crippen LogP contribution >= 0.6 is 0 Å². The lowest BCUT2D eigenvalue weighted by atomic mass is 9.95. The van der Waals surface area contributed by atoms with Crippen LogP contribution in [0.15, 0.2) is 60.8 Å². The fraction of sp³-hybridized carbons (Fsp3) is 0.258. The van der Waals surface area contributed by atoms with E-state index in [9.17, 15) is 0 Å². The molecule has 0 radical (unpaired) electrons. The monoisotopic (exact) mass is 474 g/mol. The highest BCUT2D eigenvalue weighted by atomic mass is 16.5. The molecule has 1 aliphatic carbocycles. The predicted octanol–water partition coefficient (Wildman–Crippen LogP) is 6.63. The zero-order valence-corrected chi connectivity index (χ0v) is 21.3. The number of rotatable bonds is 4. The van der Waals surface area contributed by atoms with Crippen molar-refractivity contribution in [1.29, 1.82) is 0 Å². The van der Waals surface area contributed by atoms with Crippen molar-refractivity contribution in [1.82, 2.24) is 20.0 Å². The predicted molar refractivity (Wildman–Crippen MR) is 145 cm³/mol. The van der Waals surface area contributed by atoms with E-state index in [1.807, 2.05) is 23.0 Å². The summed E-state index contributed by atoms with van der Waals surface area (Å²) in [6, 6.07) is 19.5. The van der Waals surface area contributed by atoms with Crippen LogP contribution in [0.1, 0.15) is 39.9 Å². The Bertz CT molecular complexity index is 1620. The molecule has 2 aromatic heterocycles. The SMILES string of the molecule is COc1ccc2cc(-c3cn(Cc4cc5c(nc4C)-c4cc(C)c(C)cc4CCC5)nn3)ccc2c1. The van der Waals surface area contributed by atoms with Crippen LogP contribution in [-0.4, -0.2) is 27.1 Å². The first-order chi connectivity index (χ1) is 17.5. The standard InChI is InChI=1S/C31H30N4O/c1-19-12-24-6-5-7-26-15-27(21(3)32-31(26)29(24)13-20(19)2)17-35-18-30(33-34-35)25-9-8-23-16-28(36-4)11-10-22(23)14-25/h8-16,18H,5-7,17H2,1-4H3. The van der Waals surface area contributed by atoms with Gasteiger partial charge in [-0.25, -0.2) is 4.68 Å². The van der Waals surface area contributed by atoms with Gasteiger partial charge in [-0.2, -0.15) is 0 Å². The highest BCUT2D eigenvalue weighted by Crippen LogP contribution is 2.34. The molecule has 0 saturated carbocycles. The Hall–Kier alpha value is -3.99. The molecular weight excluding hydrogens is 444 g/mol. The largest absolute Gasteiger partial charge is 0.497 e. The number of fused-ring (bicyclic) bond motifs is 4. The second-order valence-corrected chi connectivity index (χ2v) is 9.92. The maximum absolute atomic E-state index is 5.34. The summed E-state index contributed by atoms with van der Waals surface area (Å²) < 4.78 is 7.26. The highest BCUT2D eigenvalue weighted by molar-refractivity contribution is 5.87. The van der Waals surface area contributed by atoms with Gasteiger partial charge < -0.3 is 4.74 Å². The smallest absolute Gasteiger partial charge is 0.119 e. The van der Waals surface area contributed by atoms with Crippen molar-refractivity contribution >= 4 is 10.8 Å². The van der Waals surface area contributed by atoms with E-state index >= 15 is 0 Å². The fourth-order valence-electron chi connectivity index (χ4n) is 5.24. The number of hydrogen-bond acceptors (Lipinski definition) is 4. The number of pyridine rings is 1. The Morgan fingerprint density at radius 1 is 0.861 bits per heavy atom. The summed E-state index contributed by atoms with van der Waals surface area (Å²) in [7, 11) is 1.69. The van der Waals surface area contributed by atoms with Gasteiger partial charge in [-0.15, -0.1) is 5.10 Å². The van der Waals surface area contributed by atoms with Crippen LogP contribution in [-0.2, 0) is 19.4 Å². The lowest BCUT2D eigenvalue weighted by Gasteiger charge is -2.15. The second kappa shape index (κ2) is 8.90. The van der Waals surface area contributed by atoms with Crippen molar-refractivity contribution in [2.24, 2.45) is 0 Å². The zero-order valence-electron chi connectivity index (χ0n) is 21.3. The Morgan fingerprint density at radius 3 is 2.50 bits per heavy atom. The molecule has 0 spiro atoms. The number of methoxy groups -OCH3 is 1. The van der Waals surface area contributed by atoms with Gasteiger partial charge in [-0.05, 0) is 109 Å². The van der Waals surface area contributed by atoms with Crippen LogP contribution in [0, 0.1) is 20.8 Å². The molecule has 0 saturated heterocycles. The molecule has 2 heterocycles. The van der Waals surface area contributed by atoms with Gasteiger partial charge >= 0.3 is 0 Å². The van der Waals surface area contributed by atoms with E-state index in [2.05, 4.69) is 73.5 Å². The zero-order chi connectivity index (χ0) is 24.8. The molecule has 180 valence electrons. The average molecular weight is 475 g/mol. The summed E-state index contributed by atoms with van der Waals surface area (Å²) in [5.74, 6) is 0.861. The summed E-state index contributed by atoms with van der Waals surface area (Å²) in [6.07, 6.45) is 5.32. The van der Waals surface area contributed by atoms with E-state index in [1.165, 1.54) is 33.4 Å². The summed E-state index contributed by atoms with van der Waals surface area (Å²) in [6.45, 7) is 7.15. The molecule has 5 heteroatoms. The molecule has 36 heavy (non-hydrogen) atoms. The molecule has 5 aromatic rings. The van der Waals surface area contributed by atoms with E-state index in [1.54, 1.807) is 7.11 Å². The minimum absolute atomic E-state index is 0.656. The number of nitrogens with zero attached hydrogens (tertiary/aromatic N) is 4. The van der Waals surface area contributed by atoms with Crippen LogP contribution < -0.4 is 4.74 Å². The van der Waals surface area contributed by atoms with E-state index < -0.39 is 0 Å². The van der Waals surface area contributed by atoms with Crippen LogP contribution in [0.4, 0.5) is 0 Å². The van der Waals surface area contributed by atoms with Crippen LogP contribution in [0.3, 0.4) is 0 Å². The van der Waals surface area contributed by atoms with Gasteiger partial charge in [0.15, 0.2) is 0 Å². The normalized spacial score (nSPS) is 12.8. The molecule has 0 N–H and O–H groups in total. The molecule has 0 aliphatic heterocycles. The van der Waals surface area contributed by atoms with Crippen molar-refractivity contribution in [3.05, 3.63) is 94.3 Å². The molecule has 1 aliphatic rings. The van der Waals surface area contributed by atoms with Gasteiger partial charge in [0.05, 0.1) is 25.5 Å². The van der Waals surface area contributed by atoms with Crippen molar-refractivity contribution in [2.75, 3.05) is 7.11 Å². The number of ether oxygens (including phenoxy) is 1. The number of aromatic nitrogens is 4. The third-order valence-electron chi connectivity index (χ3n) is 7.48. The summed E-state index contributed by atoms with van der Waals surface area (Å²) in [5.41, 5.74) is 12.1. The highest BCUT2D eigenvalue weighted by Gasteiger charge is 2.19. The number of hydrogen-bond donors (Lipinski definition) is 0. The molecular formula is C31H30N4O. The summed E-state index contributed by atoms with van der Waals surface area (Å²) >= 11 is 0.